The maximum atomic E-state index is 13.3. The van der Waals surface area contributed by atoms with Crippen molar-refractivity contribution in [3.05, 3.63) is 42.0 Å². The quantitative estimate of drug-likeness (QED) is 0.0314. The number of hydrogen-bond donors (Lipinski definition) is 6. The number of nitrogens with one attached hydrogen (secondary N) is 1. The molecular formula is C43H70F3N3O9. The maximum absolute atomic E-state index is 13.3. The second-order valence-electron chi connectivity index (χ2n) is 15.8. The first-order valence-electron chi connectivity index (χ1n) is 21.7. The monoisotopic (exact) mass is 830 g/mol. The molecule has 0 saturated carbocycles. The molecule has 0 radical (unpaired) electrons. The van der Waals surface area contributed by atoms with Crippen LogP contribution in [0.2, 0.25) is 0 Å². The Hall–Kier alpha value is -2.66. The molecule has 0 bridgehead atoms. The summed E-state index contributed by atoms with van der Waals surface area (Å²) in [6, 6.07) is 4.94. The Morgan fingerprint density at radius 2 is 1.45 bits per heavy atom. The van der Waals surface area contributed by atoms with Crippen molar-refractivity contribution in [2.45, 2.75) is 196 Å². The molecule has 0 aliphatic carbocycles. The summed E-state index contributed by atoms with van der Waals surface area (Å²) in [4.78, 5) is 12.9. The number of unbranched alkanes of at least 4 members (excludes halogenated alkanes) is 18. The minimum Gasteiger partial charge on any atom is -0.494 e. The molecule has 0 aromatic heterocycles. The molecule has 1 aromatic rings. The van der Waals surface area contributed by atoms with Crippen LogP contribution in [0.1, 0.15) is 147 Å². The molecule has 2 heterocycles. The fourth-order valence-corrected chi connectivity index (χ4v) is 7.09. The van der Waals surface area contributed by atoms with Gasteiger partial charge in [0.25, 0.3) is 0 Å². The second-order valence-corrected chi connectivity index (χ2v) is 15.8. The maximum Gasteiger partial charge on any atom is 0.442 e. The number of alkyl halides is 3. The molecule has 2 aliphatic rings. The van der Waals surface area contributed by atoms with Crippen molar-refractivity contribution in [3.8, 4) is 5.75 Å². The molecular weight excluding hydrogens is 759 g/mol. The van der Waals surface area contributed by atoms with Crippen LogP contribution in [0.3, 0.4) is 0 Å². The molecule has 2 aliphatic heterocycles. The third-order valence-corrected chi connectivity index (χ3v) is 10.9. The number of carbonyl (C=O) groups is 1. The van der Waals surface area contributed by atoms with Crippen molar-refractivity contribution in [2.24, 2.45) is 10.2 Å². The van der Waals surface area contributed by atoms with Gasteiger partial charge in [0, 0.05) is 12.0 Å². The molecule has 58 heavy (non-hydrogen) atoms. The Morgan fingerprint density at radius 3 is 2.03 bits per heavy atom. The van der Waals surface area contributed by atoms with Crippen molar-refractivity contribution in [1.29, 1.82) is 0 Å². The molecule has 7 atom stereocenters. The van der Waals surface area contributed by atoms with Crippen LogP contribution >= 0.6 is 0 Å². The van der Waals surface area contributed by atoms with Gasteiger partial charge in [-0.15, -0.1) is 10.2 Å². The standard InChI is InChI=1S/C43H70F3N3O9/c1-2-3-4-5-6-7-8-9-10-11-14-17-20-26-35(51)34(31-57-41-40(55)39(54)38(53)36(30-50)58-41)47-37(52)27-21-18-15-12-13-16-19-22-28-56-33-25-23-24-32(29-33)42(48-49-42)43(44,45)46/h20,23-26,29,34-36,38-41,50-51,53-55H,2-19,21-22,27-28,30-31H2,1H3,(H,47,52)/b26-20+/t34-,35+,36-,38-,39-,40-,41+/m0/s1. The lowest BCUT2D eigenvalue weighted by Gasteiger charge is -2.40. The van der Waals surface area contributed by atoms with Crippen LogP contribution in [0.5, 0.6) is 5.75 Å². The summed E-state index contributed by atoms with van der Waals surface area (Å²) < 4.78 is 56.7. The van der Waals surface area contributed by atoms with E-state index >= 15 is 0 Å². The van der Waals surface area contributed by atoms with Gasteiger partial charge in [-0.3, -0.25) is 4.79 Å². The Labute approximate surface area is 342 Å². The first-order chi connectivity index (χ1) is 27.9. The van der Waals surface area contributed by atoms with Crippen molar-refractivity contribution >= 4 is 5.91 Å². The molecule has 1 saturated heterocycles. The normalized spacial score (nSPS) is 22.6. The van der Waals surface area contributed by atoms with Crippen molar-refractivity contribution in [2.75, 3.05) is 19.8 Å². The molecule has 0 spiro atoms. The Morgan fingerprint density at radius 1 is 0.862 bits per heavy atom. The highest BCUT2D eigenvalue weighted by atomic mass is 19.4. The zero-order valence-electron chi connectivity index (χ0n) is 34.4. The number of carbonyl (C=O) groups excluding carboxylic acids is 1. The van der Waals surface area contributed by atoms with Gasteiger partial charge in [0.05, 0.1) is 32.0 Å². The number of aliphatic hydroxyl groups excluding tert-OH is 5. The van der Waals surface area contributed by atoms with Gasteiger partial charge in [0.2, 0.25) is 5.91 Å². The Balaban J connectivity index is 1.31. The van der Waals surface area contributed by atoms with Crippen molar-refractivity contribution in [1.82, 2.24) is 5.32 Å². The first-order valence-corrected chi connectivity index (χ1v) is 21.7. The molecule has 1 fully saturated rings. The lowest BCUT2D eigenvalue weighted by atomic mass is 9.99. The number of benzene rings is 1. The average Bonchev–Trinajstić information content (AvgIpc) is 4.03. The number of allylic oxidation sites excluding steroid dienone is 1. The van der Waals surface area contributed by atoms with E-state index in [1.807, 2.05) is 6.08 Å². The summed E-state index contributed by atoms with van der Waals surface area (Å²) in [5.74, 6) is 0.0937. The van der Waals surface area contributed by atoms with Crippen LogP contribution in [-0.4, -0.2) is 100 Å². The van der Waals surface area contributed by atoms with E-state index in [4.69, 9.17) is 14.2 Å². The molecule has 6 N–H and O–H groups in total. The number of aliphatic hydroxyl groups is 5. The van der Waals surface area contributed by atoms with E-state index in [1.165, 1.54) is 76.0 Å². The molecule has 332 valence electrons. The van der Waals surface area contributed by atoms with Gasteiger partial charge in [-0.05, 0) is 37.8 Å². The van der Waals surface area contributed by atoms with Crippen LogP contribution < -0.4 is 10.1 Å². The zero-order chi connectivity index (χ0) is 42.2. The fraction of sp³-hybridized carbons (Fsp3) is 0.791. The molecule has 1 aromatic carbocycles. The largest absolute Gasteiger partial charge is 0.494 e. The van der Waals surface area contributed by atoms with Gasteiger partial charge in [0.15, 0.2) is 6.29 Å². The van der Waals surface area contributed by atoms with Gasteiger partial charge in [-0.1, -0.05) is 134 Å². The number of amides is 1. The second kappa shape index (κ2) is 27.2. The summed E-state index contributed by atoms with van der Waals surface area (Å²) in [5.41, 5.74) is -2.51. The molecule has 15 heteroatoms. The predicted octanol–water partition coefficient (Wildman–Crippen LogP) is 7.68. The van der Waals surface area contributed by atoms with Gasteiger partial charge >= 0.3 is 11.8 Å². The van der Waals surface area contributed by atoms with E-state index in [0.717, 1.165) is 64.2 Å². The van der Waals surface area contributed by atoms with E-state index in [9.17, 15) is 43.5 Å². The van der Waals surface area contributed by atoms with E-state index in [0.29, 0.717) is 18.8 Å². The Kier molecular flexibility index (Phi) is 23.3. The van der Waals surface area contributed by atoms with Gasteiger partial charge < -0.3 is 45.1 Å². The Bertz CT molecular complexity index is 1330. The third-order valence-electron chi connectivity index (χ3n) is 10.9. The van der Waals surface area contributed by atoms with Crippen LogP contribution in [0.25, 0.3) is 0 Å². The van der Waals surface area contributed by atoms with E-state index < -0.39 is 61.3 Å². The number of halogens is 3. The van der Waals surface area contributed by atoms with Crippen molar-refractivity contribution < 1.29 is 57.7 Å². The van der Waals surface area contributed by atoms with Crippen LogP contribution in [0, 0.1) is 0 Å². The number of nitrogens with zero attached hydrogens (tertiary/aromatic N) is 2. The minimum absolute atomic E-state index is 0.0504. The highest BCUT2D eigenvalue weighted by molar-refractivity contribution is 5.76. The van der Waals surface area contributed by atoms with Crippen molar-refractivity contribution in [3.63, 3.8) is 0 Å². The van der Waals surface area contributed by atoms with E-state index in [-0.39, 0.29) is 24.5 Å². The number of rotatable bonds is 32. The van der Waals surface area contributed by atoms with Gasteiger partial charge in [0.1, 0.15) is 30.2 Å². The zero-order valence-corrected chi connectivity index (χ0v) is 34.4. The highest BCUT2D eigenvalue weighted by Crippen LogP contribution is 2.52. The lowest BCUT2D eigenvalue weighted by Crippen LogP contribution is -2.60. The summed E-state index contributed by atoms with van der Waals surface area (Å²) in [6.07, 6.45) is 12.4. The van der Waals surface area contributed by atoms with Crippen LogP contribution in [0.4, 0.5) is 13.2 Å². The predicted molar refractivity (Wildman–Crippen MR) is 214 cm³/mol. The fourth-order valence-electron chi connectivity index (χ4n) is 7.09. The third kappa shape index (κ3) is 17.5. The van der Waals surface area contributed by atoms with E-state index in [1.54, 1.807) is 12.1 Å². The van der Waals surface area contributed by atoms with Gasteiger partial charge in [-0.2, -0.15) is 13.2 Å². The molecule has 0 unspecified atom stereocenters. The topological polar surface area (TPSA) is 183 Å². The molecule has 12 nitrogen and oxygen atoms in total. The summed E-state index contributed by atoms with van der Waals surface area (Å²) in [7, 11) is 0. The van der Waals surface area contributed by atoms with Crippen LogP contribution in [-0.2, 0) is 19.9 Å². The summed E-state index contributed by atoms with van der Waals surface area (Å²) >= 11 is 0. The summed E-state index contributed by atoms with van der Waals surface area (Å²) in [5, 5.41) is 60.5. The van der Waals surface area contributed by atoms with Crippen LogP contribution in [0.15, 0.2) is 46.6 Å². The van der Waals surface area contributed by atoms with E-state index in [2.05, 4.69) is 22.5 Å². The molecule has 1 amide bonds. The molecule has 3 rings (SSSR count). The average molecular weight is 830 g/mol. The SMILES string of the molecule is CCCCCCCCCCCCC/C=C/[C@@H](O)[C@H](CO[C@@H]1O[C@@H](CO)[C@H](O)[C@H](O)[C@@H]1O)NC(=O)CCCCCCCCCCOc1cccc(C2(C(F)(F)F)N=N2)c1. The number of ether oxygens (including phenoxy) is 3. The van der Waals surface area contributed by atoms with Gasteiger partial charge in [-0.25, -0.2) is 0 Å². The smallest absolute Gasteiger partial charge is 0.442 e. The number of hydrogen-bond acceptors (Lipinski definition) is 11. The lowest BCUT2D eigenvalue weighted by molar-refractivity contribution is -0.302. The highest BCUT2D eigenvalue weighted by Gasteiger charge is 2.65. The summed E-state index contributed by atoms with van der Waals surface area (Å²) in [6.45, 7) is 1.77. The minimum atomic E-state index is -4.58. The first kappa shape index (κ1) is 49.7.